The van der Waals surface area contributed by atoms with E-state index in [9.17, 15) is 13.2 Å². The number of rotatable bonds is 6. The molecule has 1 amide bonds. The average molecular weight is 434 g/mol. The molecule has 1 aromatic rings. The van der Waals surface area contributed by atoms with Crippen LogP contribution >= 0.6 is 0 Å². The van der Waals surface area contributed by atoms with Gasteiger partial charge in [0.2, 0.25) is 0 Å². The van der Waals surface area contributed by atoms with Crippen molar-refractivity contribution in [3.63, 3.8) is 0 Å². The maximum absolute atomic E-state index is 13.0. The molecule has 0 aromatic heterocycles. The Kier molecular flexibility index (Phi) is 5.16. The molecule has 1 aliphatic heterocycles. The van der Waals surface area contributed by atoms with Gasteiger partial charge in [-0.15, -0.1) is 0 Å². The second-order valence-electron chi connectivity index (χ2n) is 9.78. The lowest BCUT2D eigenvalue weighted by Gasteiger charge is -2.56. The number of hydrogen-bond acceptors (Lipinski definition) is 4. The van der Waals surface area contributed by atoms with E-state index in [4.69, 9.17) is 4.74 Å². The summed E-state index contributed by atoms with van der Waals surface area (Å²) in [6.07, 6.45) is 7.45. The highest BCUT2D eigenvalue weighted by Gasteiger charge is 2.51. The minimum absolute atomic E-state index is 0.00105. The first-order chi connectivity index (χ1) is 14.4. The number of methoxy groups -OCH3 is 1. The highest BCUT2D eigenvalue weighted by molar-refractivity contribution is 7.86. The highest BCUT2D eigenvalue weighted by atomic mass is 32.2. The Bertz CT molecular complexity index is 880. The summed E-state index contributed by atoms with van der Waals surface area (Å²) in [6.45, 7) is 1.25. The van der Waals surface area contributed by atoms with Crippen LogP contribution in [-0.4, -0.2) is 55.4 Å². The van der Waals surface area contributed by atoms with Crippen LogP contribution in [0.5, 0.6) is 0 Å². The van der Waals surface area contributed by atoms with E-state index in [1.807, 2.05) is 24.3 Å². The van der Waals surface area contributed by atoms with Gasteiger partial charge in [0.05, 0.1) is 0 Å². The van der Waals surface area contributed by atoms with E-state index in [0.29, 0.717) is 25.2 Å². The van der Waals surface area contributed by atoms with Crippen LogP contribution < -0.4 is 5.32 Å². The van der Waals surface area contributed by atoms with Gasteiger partial charge in [0.1, 0.15) is 6.73 Å². The van der Waals surface area contributed by atoms with Gasteiger partial charge >= 0.3 is 0 Å². The van der Waals surface area contributed by atoms with Crippen LogP contribution in [0.25, 0.3) is 0 Å². The summed E-state index contributed by atoms with van der Waals surface area (Å²) in [5.74, 6) is 2.38. The molecular formula is C22H31N3O4S. The Morgan fingerprint density at radius 3 is 2.17 bits per heavy atom. The zero-order valence-corrected chi connectivity index (χ0v) is 18.4. The summed E-state index contributed by atoms with van der Waals surface area (Å²) < 4.78 is 32.8. The lowest BCUT2D eigenvalue weighted by molar-refractivity contribution is -0.0167. The molecule has 8 heteroatoms. The van der Waals surface area contributed by atoms with Gasteiger partial charge in [-0.2, -0.15) is 17.0 Å². The van der Waals surface area contributed by atoms with E-state index in [-0.39, 0.29) is 18.2 Å². The fraction of sp³-hybridized carbons (Fsp3) is 0.682. The molecular weight excluding hydrogens is 402 g/mol. The standard InChI is InChI=1S/C22H31N3O4S/c1-29-15-25-7-6-24(30(25,27)28)14-16-2-4-20(5-3-16)21(26)23-22-11-17-8-18(12-22)10-19(9-17)13-22/h2-5,17-19H,6-15H2,1H3,(H,23,26). The largest absolute Gasteiger partial charge is 0.368 e. The number of amides is 1. The summed E-state index contributed by atoms with van der Waals surface area (Å²) in [5.41, 5.74) is 1.53. The maximum Gasteiger partial charge on any atom is 0.284 e. The van der Waals surface area contributed by atoms with Crippen molar-refractivity contribution in [2.75, 3.05) is 26.9 Å². The van der Waals surface area contributed by atoms with Gasteiger partial charge in [-0.3, -0.25) is 4.79 Å². The second kappa shape index (κ2) is 7.58. The predicted octanol–water partition coefficient (Wildman–Crippen LogP) is 2.35. The van der Waals surface area contributed by atoms with E-state index >= 15 is 0 Å². The van der Waals surface area contributed by atoms with Gasteiger partial charge in [0.15, 0.2) is 0 Å². The number of benzene rings is 1. The zero-order chi connectivity index (χ0) is 20.9. The third-order valence-electron chi connectivity index (χ3n) is 7.52. The third-order valence-corrected chi connectivity index (χ3v) is 9.42. The highest BCUT2D eigenvalue weighted by Crippen LogP contribution is 2.55. The molecule has 6 rings (SSSR count). The zero-order valence-electron chi connectivity index (χ0n) is 17.5. The van der Waals surface area contributed by atoms with Crippen LogP contribution in [0.15, 0.2) is 24.3 Å². The second-order valence-corrected chi connectivity index (χ2v) is 11.7. The Hall–Kier alpha value is -1.48. The molecule has 0 unspecified atom stereocenters. The molecule has 7 nitrogen and oxygen atoms in total. The van der Waals surface area contributed by atoms with Crippen molar-refractivity contribution in [2.24, 2.45) is 17.8 Å². The molecule has 0 radical (unpaired) electrons. The molecule has 4 saturated carbocycles. The average Bonchev–Trinajstić information content (AvgIpc) is 2.95. The number of hydrogen-bond donors (Lipinski definition) is 1. The normalized spacial score (nSPS) is 35.0. The summed E-state index contributed by atoms with van der Waals surface area (Å²) in [5, 5.41) is 3.40. The Morgan fingerprint density at radius 2 is 1.60 bits per heavy atom. The lowest BCUT2D eigenvalue weighted by atomic mass is 9.53. The van der Waals surface area contributed by atoms with E-state index < -0.39 is 10.2 Å². The van der Waals surface area contributed by atoms with Crippen LogP contribution in [0.2, 0.25) is 0 Å². The summed E-state index contributed by atoms with van der Waals surface area (Å²) >= 11 is 0. The Balaban J connectivity index is 1.23. The molecule has 30 heavy (non-hydrogen) atoms. The van der Waals surface area contributed by atoms with Crippen LogP contribution in [0.4, 0.5) is 0 Å². The van der Waals surface area contributed by atoms with Crippen molar-refractivity contribution in [2.45, 2.75) is 50.6 Å². The summed E-state index contributed by atoms with van der Waals surface area (Å²) in [7, 11) is -1.99. The first-order valence-corrected chi connectivity index (χ1v) is 12.4. The molecule has 164 valence electrons. The van der Waals surface area contributed by atoms with Gasteiger partial charge < -0.3 is 10.1 Å². The number of carbonyl (C=O) groups excluding carboxylic acids is 1. The van der Waals surface area contributed by atoms with Crippen molar-refractivity contribution in [1.82, 2.24) is 13.9 Å². The van der Waals surface area contributed by atoms with Crippen molar-refractivity contribution in [3.05, 3.63) is 35.4 Å². The topological polar surface area (TPSA) is 79.0 Å². The SMILES string of the molecule is COCN1CCN(Cc2ccc(C(=O)NC34CC5CC(CC(C5)C3)C4)cc2)S1(=O)=O. The molecule has 1 N–H and O–H groups in total. The summed E-state index contributed by atoms with van der Waals surface area (Å²) in [6, 6.07) is 7.37. The van der Waals surface area contributed by atoms with Gasteiger partial charge in [-0.1, -0.05) is 12.1 Å². The molecule has 1 heterocycles. The monoisotopic (exact) mass is 433 g/mol. The molecule has 0 spiro atoms. The minimum atomic E-state index is -3.48. The lowest BCUT2D eigenvalue weighted by Crippen LogP contribution is -2.59. The van der Waals surface area contributed by atoms with Crippen molar-refractivity contribution < 1.29 is 17.9 Å². The molecule has 5 aliphatic rings. The number of nitrogens with one attached hydrogen (secondary N) is 1. The Labute approximate surface area is 178 Å². The number of ether oxygens (including phenoxy) is 1. The van der Waals surface area contributed by atoms with Crippen LogP contribution in [0, 0.1) is 17.8 Å². The van der Waals surface area contributed by atoms with Crippen molar-refractivity contribution >= 4 is 16.1 Å². The Morgan fingerprint density at radius 1 is 1.03 bits per heavy atom. The van der Waals surface area contributed by atoms with Gasteiger partial charge in [0, 0.05) is 37.8 Å². The van der Waals surface area contributed by atoms with E-state index in [0.717, 1.165) is 42.6 Å². The molecule has 0 atom stereocenters. The van der Waals surface area contributed by atoms with Crippen LogP contribution in [-0.2, 0) is 21.5 Å². The van der Waals surface area contributed by atoms with Gasteiger partial charge in [-0.05, 0) is 74.0 Å². The van der Waals surface area contributed by atoms with E-state index in [2.05, 4.69) is 5.32 Å². The van der Waals surface area contributed by atoms with Gasteiger partial charge in [-0.25, -0.2) is 0 Å². The third kappa shape index (κ3) is 3.68. The van der Waals surface area contributed by atoms with E-state index in [1.54, 1.807) is 0 Å². The first kappa shape index (κ1) is 20.4. The van der Waals surface area contributed by atoms with Crippen LogP contribution in [0.3, 0.4) is 0 Å². The fourth-order valence-corrected chi connectivity index (χ4v) is 8.10. The van der Waals surface area contributed by atoms with Crippen molar-refractivity contribution in [3.8, 4) is 0 Å². The first-order valence-electron chi connectivity index (χ1n) is 11.0. The van der Waals surface area contributed by atoms with E-state index in [1.165, 1.54) is 35.0 Å². The fourth-order valence-electron chi connectivity index (χ4n) is 6.59. The molecule has 5 fully saturated rings. The van der Waals surface area contributed by atoms with Crippen molar-refractivity contribution in [1.29, 1.82) is 0 Å². The molecule has 1 saturated heterocycles. The smallest absolute Gasteiger partial charge is 0.284 e. The number of nitrogens with zero attached hydrogens (tertiary/aromatic N) is 2. The number of carbonyl (C=O) groups is 1. The molecule has 4 bridgehead atoms. The molecule has 4 aliphatic carbocycles. The summed E-state index contributed by atoms with van der Waals surface area (Å²) in [4.78, 5) is 13.0. The maximum atomic E-state index is 13.0. The predicted molar refractivity (Wildman–Crippen MR) is 113 cm³/mol. The molecule has 1 aromatic carbocycles. The quantitative estimate of drug-likeness (QED) is 0.747. The van der Waals surface area contributed by atoms with Gasteiger partial charge in [0.25, 0.3) is 16.1 Å². The van der Waals surface area contributed by atoms with Crippen LogP contribution in [0.1, 0.15) is 54.4 Å². The minimum Gasteiger partial charge on any atom is -0.368 e.